The standard InChI is InChI=1S/C12H13BrN4O/c1-8-4-5-17(16-8)7-10-3-2-9(6-11(10)13)12(18)15-14/h2-6H,7,14H2,1H3,(H,15,18). The summed E-state index contributed by atoms with van der Waals surface area (Å²) in [6.07, 6.45) is 1.92. The number of nitrogen functional groups attached to an aromatic ring is 1. The maximum Gasteiger partial charge on any atom is 0.265 e. The number of aryl methyl sites for hydroxylation is 1. The molecule has 0 aliphatic heterocycles. The van der Waals surface area contributed by atoms with Crippen molar-refractivity contribution in [3.63, 3.8) is 0 Å². The minimum atomic E-state index is -0.308. The molecule has 2 rings (SSSR count). The molecule has 3 N–H and O–H groups in total. The van der Waals surface area contributed by atoms with Crippen molar-refractivity contribution < 1.29 is 4.79 Å². The van der Waals surface area contributed by atoms with E-state index in [4.69, 9.17) is 5.84 Å². The maximum absolute atomic E-state index is 11.4. The van der Waals surface area contributed by atoms with Crippen molar-refractivity contribution in [2.24, 2.45) is 5.84 Å². The molecule has 0 spiro atoms. The van der Waals surface area contributed by atoms with Gasteiger partial charge in [0.25, 0.3) is 5.91 Å². The fourth-order valence-corrected chi connectivity index (χ4v) is 2.13. The van der Waals surface area contributed by atoms with Crippen LogP contribution in [0, 0.1) is 6.92 Å². The number of nitrogens with one attached hydrogen (secondary N) is 1. The summed E-state index contributed by atoms with van der Waals surface area (Å²) in [6, 6.07) is 7.31. The molecule has 1 amide bonds. The second-order valence-electron chi connectivity index (χ2n) is 3.93. The summed E-state index contributed by atoms with van der Waals surface area (Å²) in [7, 11) is 0. The fraction of sp³-hybridized carbons (Fsp3) is 0.167. The van der Waals surface area contributed by atoms with E-state index in [9.17, 15) is 4.79 Å². The van der Waals surface area contributed by atoms with Gasteiger partial charge in [0.05, 0.1) is 12.2 Å². The Labute approximate surface area is 113 Å². The highest BCUT2D eigenvalue weighted by atomic mass is 79.9. The third-order valence-electron chi connectivity index (χ3n) is 2.55. The van der Waals surface area contributed by atoms with E-state index in [1.807, 2.05) is 29.9 Å². The Hall–Kier alpha value is -1.66. The number of carbonyl (C=O) groups excluding carboxylic acids is 1. The molecule has 94 valence electrons. The minimum Gasteiger partial charge on any atom is -0.290 e. The van der Waals surface area contributed by atoms with Crippen LogP contribution in [0.3, 0.4) is 0 Å². The summed E-state index contributed by atoms with van der Waals surface area (Å²) in [5.41, 5.74) is 4.65. The molecule has 0 atom stereocenters. The molecule has 18 heavy (non-hydrogen) atoms. The first-order chi connectivity index (χ1) is 8.60. The molecule has 1 heterocycles. The molecule has 2 aromatic rings. The normalized spacial score (nSPS) is 10.4. The van der Waals surface area contributed by atoms with Gasteiger partial charge < -0.3 is 0 Å². The monoisotopic (exact) mass is 308 g/mol. The van der Waals surface area contributed by atoms with Gasteiger partial charge in [-0.05, 0) is 30.7 Å². The third kappa shape index (κ3) is 2.77. The first kappa shape index (κ1) is 12.8. The number of hydrogen-bond acceptors (Lipinski definition) is 3. The van der Waals surface area contributed by atoms with E-state index >= 15 is 0 Å². The summed E-state index contributed by atoms with van der Waals surface area (Å²) in [6.45, 7) is 2.60. The maximum atomic E-state index is 11.4. The lowest BCUT2D eigenvalue weighted by Gasteiger charge is -2.07. The van der Waals surface area contributed by atoms with Crippen LogP contribution in [0.25, 0.3) is 0 Å². The topological polar surface area (TPSA) is 72.9 Å². The van der Waals surface area contributed by atoms with Crippen LogP contribution in [-0.2, 0) is 6.54 Å². The van der Waals surface area contributed by atoms with Crippen molar-refractivity contribution in [2.45, 2.75) is 13.5 Å². The summed E-state index contributed by atoms with van der Waals surface area (Å²) >= 11 is 3.45. The van der Waals surface area contributed by atoms with E-state index in [0.29, 0.717) is 12.1 Å². The van der Waals surface area contributed by atoms with Crippen LogP contribution in [0.4, 0.5) is 0 Å². The van der Waals surface area contributed by atoms with Gasteiger partial charge in [0, 0.05) is 16.2 Å². The predicted molar refractivity (Wildman–Crippen MR) is 71.9 cm³/mol. The zero-order chi connectivity index (χ0) is 13.1. The van der Waals surface area contributed by atoms with Gasteiger partial charge in [-0.25, -0.2) is 5.84 Å². The van der Waals surface area contributed by atoms with E-state index in [0.717, 1.165) is 15.7 Å². The zero-order valence-corrected chi connectivity index (χ0v) is 11.4. The fourth-order valence-electron chi connectivity index (χ4n) is 1.63. The number of carbonyl (C=O) groups is 1. The zero-order valence-electron chi connectivity index (χ0n) is 9.85. The van der Waals surface area contributed by atoms with Crippen molar-refractivity contribution in [1.29, 1.82) is 0 Å². The number of nitrogens with two attached hydrogens (primary N) is 1. The van der Waals surface area contributed by atoms with Gasteiger partial charge in [-0.2, -0.15) is 5.10 Å². The Morgan fingerprint density at radius 2 is 2.28 bits per heavy atom. The number of rotatable bonds is 3. The molecular formula is C12H13BrN4O. The molecule has 6 heteroatoms. The third-order valence-corrected chi connectivity index (χ3v) is 3.29. The first-order valence-corrected chi connectivity index (χ1v) is 6.19. The molecular weight excluding hydrogens is 296 g/mol. The van der Waals surface area contributed by atoms with Gasteiger partial charge in [0.1, 0.15) is 0 Å². The summed E-state index contributed by atoms with van der Waals surface area (Å²) in [5.74, 6) is 4.78. The number of halogens is 1. The van der Waals surface area contributed by atoms with Crippen LogP contribution in [0.2, 0.25) is 0 Å². The highest BCUT2D eigenvalue weighted by Crippen LogP contribution is 2.19. The Kier molecular flexibility index (Phi) is 3.78. The van der Waals surface area contributed by atoms with Crippen LogP contribution in [0.5, 0.6) is 0 Å². The summed E-state index contributed by atoms with van der Waals surface area (Å²) in [5, 5.41) is 4.32. The van der Waals surface area contributed by atoms with E-state index in [-0.39, 0.29) is 5.91 Å². The largest absolute Gasteiger partial charge is 0.290 e. The molecule has 0 radical (unpaired) electrons. The highest BCUT2D eigenvalue weighted by Gasteiger charge is 2.07. The van der Waals surface area contributed by atoms with Crippen molar-refractivity contribution >= 4 is 21.8 Å². The van der Waals surface area contributed by atoms with E-state index in [1.165, 1.54) is 0 Å². The van der Waals surface area contributed by atoms with E-state index < -0.39 is 0 Å². The minimum absolute atomic E-state index is 0.308. The second kappa shape index (κ2) is 5.32. The Bertz CT molecular complexity index is 579. The van der Waals surface area contributed by atoms with Crippen LogP contribution in [0.1, 0.15) is 21.6 Å². The van der Waals surface area contributed by atoms with Crippen LogP contribution in [-0.4, -0.2) is 15.7 Å². The number of aromatic nitrogens is 2. The molecule has 0 aliphatic rings. The van der Waals surface area contributed by atoms with E-state index in [1.54, 1.807) is 12.1 Å². The second-order valence-corrected chi connectivity index (χ2v) is 4.79. The lowest BCUT2D eigenvalue weighted by Crippen LogP contribution is -2.29. The van der Waals surface area contributed by atoms with Gasteiger partial charge in [0.15, 0.2) is 0 Å². The number of benzene rings is 1. The van der Waals surface area contributed by atoms with Crippen LogP contribution < -0.4 is 11.3 Å². The first-order valence-electron chi connectivity index (χ1n) is 5.39. The molecule has 0 bridgehead atoms. The lowest BCUT2D eigenvalue weighted by atomic mass is 10.1. The lowest BCUT2D eigenvalue weighted by molar-refractivity contribution is 0.0953. The number of amides is 1. The Balaban J connectivity index is 2.22. The summed E-state index contributed by atoms with van der Waals surface area (Å²) in [4.78, 5) is 11.4. The van der Waals surface area contributed by atoms with Crippen LogP contribution in [0.15, 0.2) is 34.9 Å². The van der Waals surface area contributed by atoms with Gasteiger partial charge >= 0.3 is 0 Å². The Morgan fingerprint density at radius 1 is 1.50 bits per heavy atom. The van der Waals surface area contributed by atoms with Crippen molar-refractivity contribution in [3.8, 4) is 0 Å². The highest BCUT2D eigenvalue weighted by molar-refractivity contribution is 9.10. The molecule has 1 aromatic carbocycles. The Morgan fingerprint density at radius 3 is 2.83 bits per heavy atom. The molecule has 1 aromatic heterocycles. The molecule has 0 fully saturated rings. The van der Waals surface area contributed by atoms with Gasteiger partial charge in [-0.15, -0.1) is 0 Å². The van der Waals surface area contributed by atoms with Crippen molar-refractivity contribution in [1.82, 2.24) is 15.2 Å². The van der Waals surface area contributed by atoms with Gasteiger partial charge in [-0.3, -0.25) is 14.9 Å². The molecule has 5 nitrogen and oxygen atoms in total. The predicted octanol–water partition coefficient (Wildman–Crippen LogP) is 1.61. The van der Waals surface area contributed by atoms with Crippen molar-refractivity contribution in [2.75, 3.05) is 0 Å². The summed E-state index contributed by atoms with van der Waals surface area (Å²) < 4.78 is 2.70. The molecule has 0 aliphatic carbocycles. The number of hydrazine groups is 1. The average molecular weight is 309 g/mol. The molecule has 0 saturated carbocycles. The number of nitrogens with zero attached hydrogens (tertiary/aromatic N) is 2. The van der Waals surface area contributed by atoms with Gasteiger partial charge in [0.2, 0.25) is 0 Å². The number of hydrogen-bond donors (Lipinski definition) is 2. The quantitative estimate of drug-likeness (QED) is 0.514. The van der Waals surface area contributed by atoms with Crippen molar-refractivity contribution in [3.05, 3.63) is 51.8 Å². The molecule has 0 saturated heterocycles. The molecule has 0 unspecified atom stereocenters. The average Bonchev–Trinajstić information content (AvgIpc) is 2.76. The van der Waals surface area contributed by atoms with Crippen LogP contribution >= 0.6 is 15.9 Å². The smallest absolute Gasteiger partial charge is 0.265 e. The van der Waals surface area contributed by atoms with Gasteiger partial charge in [-0.1, -0.05) is 22.0 Å². The van der Waals surface area contributed by atoms with E-state index in [2.05, 4.69) is 26.5 Å². The SMILES string of the molecule is Cc1ccn(Cc2ccc(C(=O)NN)cc2Br)n1.